The average molecular weight is 347 g/mol. The first-order chi connectivity index (χ1) is 11.8. The normalized spacial score (nSPS) is 20.9. The lowest BCUT2D eigenvalue weighted by Crippen LogP contribution is -2.47. The van der Waals surface area contributed by atoms with E-state index in [0.29, 0.717) is 6.54 Å². The van der Waals surface area contributed by atoms with Crippen molar-refractivity contribution in [1.82, 2.24) is 15.6 Å². The second-order valence-electron chi connectivity index (χ2n) is 6.41. The molecule has 1 aliphatic carbocycles. The number of nitrogens with one attached hydrogen (secondary N) is 2. The van der Waals surface area contributed by atoms with Gasteiger partial charge in [-0.1, -0.05) is 25.0 Å². The van der Waals surface area contributed by atoms with Gasteiger partial charge in [-0.25, -0.2) is 9.78 Å². The van der Waals surface area contributed by atoms with Crippen molar-refractivity contribution >= 4 is 27.6 Å². The Morgan fingerprint density at radius 2 is 2.12 bits per heavy atom. The summed E-state index contributed by atoms with van der Waals surface area (Å²) in [5, 5.41) is 16.5. The number of aromatic nitrogens is 1. The van der Waals surface area contributed by atoms with Gasteiger partial charge in [0.25, 0.3) is 0 Å². The van der Waals surface area contributed by atoms with E-state index >= 15 is 0 Å². The number of benzene rings is 1. The lowest BCUT2D eigenvalue weighted by atomic mass is 9.85. The van der Waals surface area contributed by atoms with Gasteiger partial charge in [-0.3, -0.25) is 0 Å². The Morgan fingerprint density at radius 1 is 1.29 bits per heavy atom. The molecule has 0 saturated heterocycles. The summed E-state index contributed by atoms with van der Waals surface area (Å²) in [5.74, 6) is 0.201. The van der Waals surface area contributed by atoms with E-state index in [9.17, 15) is 9.90 Å². The molecule has 1 fully saturated rings. The van der Waals surface area contributed by atoms with Gasteiger partial charge in [0.15, 0.2) is 0 Å². The van der Waals surface area contributed by atoms with E-state index in [-0.39, 0.29) is 24.6 Å². The summed E-state index contributed by atoms with van der Waals surface area (Å²) in [6, 6.07) is 8.13. The first-order valence-corrected chi connectivity index (χ1v) is 9.57. The van der Waals surface area contributed by atoms with Gasteiger partial charge in [0, 0.05) is 31.5 Å². The molecule has 24 heavy (non-hydrogen) atoms. The molecular weight excluding hydrogens is 322 g/mol. The highest BCUT2D eigenvalue weighted by Gasteiger charge is 2.25. The van der Waals surface area contributed by atoms with Crippen LogP contribution in [0.2, 0.25) is 0 Å². The maximum Gasteiger partial charge on any atom is 0.315 e. The summed E-state index contributed by atoms with van der Waals surface area (Å²) in [7, 11) is 0. The molecule has 3 N–H and O–H groups in total. The zero-order valence-electron chi connectivity index (χ0n) is 13.8. The zero-order chi connectivity index (χ0) is 16.8. The second kappa shape index (κ2) is 8.44. The van der Waals surface area contributed by atoms with Crippen LogP contribution in [-0.2, 0) is 6.42 Å². The van der Waals surface area contributed by atoms with Crippen LogP contribution in [0.4, 0.5) is 4.79 Å². The predicted molar refractivity (Wildman–Crippen MR) is 97.3 cm³/mol. The molecule has 0 bridgehead atoms. The molecule has 1 saturated carbocycles. The Kier molecular flexibility index (Phi) is 6.04. The maximum absolute atomic E-state index is 12.0. The zero-order valence-corrected chi connectivity index (χ0v) is 14.6. The molecule has 0 radical (unpaired) electrons. The summed E-state index contributed by atoms with van der Waals surface area (Å²) < 4.78 is 1.21. The van der Waals surface area contributed by atoms with Crippen molar-refractivity contribution in [1.29, 1.82) is 0 Å². The first-order valence-electron chi connectivity index (χ1n) is 8.76. The Bertz CT molecular complexity index is 640. The number of nitrogens with zero attached hydrogens (tertiary/aromatic N) is 1. The summed E-state index contributed by atoms with van der Waals surface area (Å²) >= 11 is 1.72. The van der Waals surface area contributed by atoms with Crippen LogP contribution in [0.3, 0.4) is 0 Å². The molecule has 2 atom stereocenters. The summed E-state index contributed by atoms with van der Waals surface area (Å²) in [6.45, 7) is 0.792. The summed E-state index contributed by atoms with van der Waals surface area (Å²) in [4.78, 5) is 16.6. The van der Waals surface area contributed by atoms with Crippen LogP contribution >= 0.6 is 11.3 Å². The highest BCUT2D eigenvalue weighted by atomic mass is 32.1. The largest absolute Gasteiger partial charge is 0.396 e. The summed E-state index contributed by atoms with van der Waals surface area (Å²) in [6.07, 6.45) is 5.99. The molecule has 1 aromatic carbocycles. The number of thiazole rings is 1. The van der Waals surface area contributed by atoms with Gasteiger partial charge < -0.3 is 15.7 Å². The van der Waals surface area contributed by atoms with Crippen molar-refractivity contribution in [3.63, 3.8) is 0 Å². The second-order valence-corrected chi connectivity index (χ2v) is 7.53. The number of hydrogen-bond acceptors (Lipinski definition) is 4. The van der Waals surface area contributed by atoms with E-state index in [1.807, 2.05) is 18.2 Å². The van der Waals surface area contributed by atoms with E-state index in [1.165, 1.54) is 4.70 Å². The van der Waals surface area contributed by atoms with Gasteiger partial charge in [-0.2, -0.15) is 0 Å². The molecule has 3 rings (SSSR count). The van der Waals surface area contributed by atoms with Crippen molar-refractivity contribution in [2.45, 2.75) is 44.6 Å². The van der Waals surface area contributed by atoms with Crippen LogP contribution in [0.5, 0.6) is 0 Å². The number of fused-ring (bicyclic) bond motifs is 1. The quantitative estimate of drug-likeness (QED) is 0.703. The summed E-state index contributed by atoms with van der Waals surface area (Å²) in [5.41, 5.74) is 1.05. The fourth-order valence-electron chi connectivity index (χ4n) is 3.30. The number of aliphatic hydroxyl groups is 1. The molecule has 0 spiro atoms. The number of aryl methyl sites for hydroxylation is 1. The smallest absolute Gasteiger partial charge is 0.315 e. The van der Waals surface area contributed by atoms with Crippen LogP contribution in [0, 0.1) is 5.92 Å². The first kappa shape index (κ1) is 17.2. The number of urea groups is 1. The maximum atomic E-state index is 12.0. The molecular formula is C18H25N3O2S. The molecule has 2 unspecified atom stereocenters. The Hall–Kier alpha value is -1.66. The van der Waals surface area contributed by atoms with Crippen LogP contribution in [0.15, 0.2) is 24.3 Å². The third-order valence-electron chi connectivity index (χ3n) is 4.65. The minimum atomic E-state index is -0.121. The number of carbonyl (C=O) groups is 1. The van der Waals surface area contributed by atoms with E-state index in [4.69, 9.17) is 0 Å². The fraction of sp³-hybridized carbons (Fsp3) is 0.556. The molecule has 2 amide bonds. The monoisotopic (exact) mass is 347 g/mol. The Balaban J connectivity index is 1.38. The molecule has 1 heterocycles. The van der Waals surface area contributed by atoms with E-state index in [1.54, 1.807) is 11.3 Å². The van der Waals surface area contributed by atoms with Crippen molar-refractivity contribution in [3.8, 4) is 0 Å². The number of hydrogen-bond donors (Lipinski definition) is 3. The molecule has 130 valence electrons. The van der Waals surface area contributed by atoms with Gasteiger partial charge in [0.05, 0.1) is 15.2 Å². The van der Waals surface area contributed by atoms with Crippen LogP contribution in [-0.4, -0.2) is 35.3 Å². The fourth-order valence-corrected chi connectivity index (χ4v) is 4.31. The standard InChI is InChI=1S/C18H25N3O2S/c22-12-13-6-1-2-7-14(13)21-18(23)19-11-5-10-17-20-15-8-3-4-9-16(15)24-17/h3-4,8-9,13-14,22H,1-2,5-7,10-12H2,(H2,19,21,23). The van der Waals surface area contributed by atoms with Crippen molar-refractivity contribution in [3.05, 3.63) is 29.3 Å². The number of para-hydroxylation sites is 1. The number of aliphatic hydroxyl groups excluding tert-OH is 1. The average Bonchev–Trinajstić information content (AvgIpc) is 3.02. The number of rotatable bonds is 6. The van der Waals surface area contributed by atoms with Gasteiger partial charge in [-0.15, -0.1) is 11.3 Å². The number of carbonyl (C=O) groups excluding carboxylic acids is 1. The van der Waals surface area contributed by atoms with Crippen LogP contribution < -0.4 is 10.6 Å². The topological polar surface area (TPSA) is 74.2 Å². The van der Waals surface area contributed by atoms with Gasteiger partial charge in [-0.05, 0) is 31.4 Å². The Labute approximate surface area is 146 Å². The minimum Gasteiger partial charge on any atom is -0.396 e. The lowest BCUT2D eigenvalue weighted by Gasteiger charge is -2.30. The molecule has 6 heteroatoms. The molecule has 2 aromatic rings. The van der Waals surface area contributed by atoms with E-state index < -0.39 is 0 Å². The SMILES string of the molecule is O=C(NCCCc1nc2ccccc2s1)NC1CCCCC1CO. The highest BCUT2D eigenvalue weighted by molar-refractivity contribution is 7.18. The van der Waals surface area contributed by atoms with E-state index in [0.717, 1.165) is 49.0 Å². The van der Waals surface area contributed by atoms with Gasteiger partial charge >= 0.3 is 6.03 Å². The predicted octanol–water partition coefficient (Wildman–Crippen LogP) is 3.08. The number of amides is 2. The van der Waals surface area contributed by atoms with E-state index in [2.05, 4.69) is 21.7 Å². The Morgan fingerprint density at radius 3 is 2.96 bits per heavy atom. The molecule has 1 aromatic heterocycles. The lowest BCUT2D eigenvalue weighted by molar-refractivity contribution is 0.153. The van der Waals surface area contributed by atoms with Crippen LogP contribution in [0.1, 0.15) is 37.1 Å². The molecule has 5 nitrogen and oxygen atoms in total. The minimum absolute atomic E-state index is 0.105. The van der Waals surface area contributed by atoms with Gasteiger partial charge in [0.2, 0.25) is 0 Å². The molecule has 1 aliphatic rings. The third kappa shape index (κ3) is 4.45. The third-order valence-corrected chi connectivity index (χ3v) is 5.75. The van der Waals surface area contributed by atoms with Crippen molar-refractivity contribution < 1.29 is 9.90 Å². The van der Waals surface area contributed by atoms with Crippen molar-refractivity contribution in [2.24, 2.45) is 5.92 Å². The van der Waals surface area contributed by atoms with Crippen LogP contribution in [0.25, 0.3) is 10.2 Å². The van der Waals surface area contributed by atoms with Crippen molar-refractivity contribution in [2.75, 3.05) is 13.2 Å². The van der Waals surface area contributed by atoms with Gasteiger partial charge in [0.1, 0.15) is 0 Å². The molecule has 0 aliphatic heterocycles. The highest BCUT2D eigenvalue weighted by Crippen LogP contribution is 2.24.